The van der Waals surface area contributed by atoms with Gasteiger partial charge in [0.2, 0.25) is 0 Å². The lowest BCUT2D eigenvalue weighted by Crippen LogP contribution is -2.51. The molecule has 0 unspecified atom stereocenters. The molecular weight excluding hydrogens is 572 g/mol. The van der Waals surface area contributed by atoms with Crippen LogP contribution in [0.25, 0.3) is 0 Å². The average Bonchev–Trinajstić information content (AvgIpc) is 3.09. The van der Waals surface area contributed by atoms with Gasteiger partial charge in [-0.3, -0.25) is 9.59 Å². The Balaban J connectivity index is 1.63. The molecule has 8 nitrogen and oxygen atoms in total. The summed E-state index contributed by atoms with van der Waals surface area (Å²) in [5, 5.41) is 0. The van der Waals surface area contributed by atoms with Gasteiger partial charge >= 0.3 is 0 Å². The number of carbonyl (C=O) groups excluding carboxylic acids is 2. The first-order valence-electron chi connectivity index (χ1n) is 14.8. The van der Waals surface area contributed by atoms with Gasteiger partial charge in [0.05, 0.1) is 26.4 Å². The third-order valence-corrected chi connectivity index (χ3v) is 6.86. The first-order chi connectivity index (χ1) is 22.1. The second-order valence-corrected chi connectivity index (χ2v) is 10.4. The fourth-order valence-corrected chi connectivity index (χ4v) is 4.60. The van der Waals surface area contributed by atoms with Gasteiger partial charge in [-0.25, -0.2) is 0 Å². The Morgan fingerprint density at radius 1 is 0.489 bits per heavy atom. The van der Waals surface area contributed by atoms with E-state index in [0.717, 1.165) is 22.3 Å². The molecule has 4 aromatic rings. The lowest BCUT2D eigenvalue weighted by molar-refractivity contribution is -0.178. The number of carbonyl (C=O) groups is 2. The number of methoxy groups -OCH3 is 1. The molecule has 0 heterocycles. The third kappa shape index (κ3) is 11.8. The molecule has 0 amide bonds. The van der Waals surface area contributed by atoms with E-state index in [4.69, 9.17) is 28.4 Å². The number of Topliss-reactive ketones (excluding diaryl/α,β-unsaturated/α-hetero) is 2. The number of benzene rings is 4. The number of hydrogen-bond donors (Lipinski definition) is 0. The topological polar surface area (TPSA) is 89.5 Å². The molecule has 0 aromatic heterocycles. The van der Waals surface area contributed by atoms with E-state index in [9.17, 15) is 9.59 Å². The number of rotatable bonds is 21. The van der Waals surface area contributed by atoms with Gasteiger partial charge in [0, 0.05) is 7.11 Å². The molecule has 3 atom stereocenters. The summed E-state index contributed by atoms with van der Waals surface area (Å²) in [6.45, 7) is -0.0516. The first-order valence-corrected chi connectivity index (χ1v) is 14.8. The van der Waals surface area contributed by atoms with Crippen LogP contribution in [0.5, 0.6) is 0 Å². The summed E-state index contributed by atoms with van der Waals surface area (Å²) in [6.07, 6.45) is -3.52. The minimum Gasteiger partial charge on any atom is -0.369 e. The lowest BCUT2D eigenvalue weighted by atomic mass is 10.00. The number of hydrogen-bond acceptors (Lipinski definition) is 8. The Morgan fingerprint density at radius 2 is 0.844 bits per heavy atom. The van der Waals surface area contributed by atoms with Gasteiger partial charge in [0.25, 0.3) is 0 Å². The Kier molecular flexibility index (Phi) is 14.6. The molecule has 8 heteroatoms. The minimum absolute atomic E-state index is 0.0765. The molecule has 0 N–H and O–H groups in total. The molecule has 0 aliphatic carbocycles. The largest absolute Gasteiger partial charge is 0.369 e. The van der Waals surface area contributed by atoms with Gasteiger partial charge < -0.3 is 28.4 Å². The van der Waals surface area contributed by atoms with Crippen LogP contribution in [0.3, 0.4) is 0 Å². The van der Waals surface area contributed by atoms with E-state index in [0.29, 0.717) is 0 Å². The van der Waals surface area contributed by atoms with Crippen LogP contribution in [-0.4, -0.2) is 57.0 Å². The minimum atomic E-state index is -1.20. The molecule has 4 rings (SSSR count). The third-order valence-electron chi connectivity index (χ3n) is 6.86. The Morgan fingerprint density at radius 3 is 1.24 bits per heavy atom. The predicted molar refractivity (Wildman–Crippen MR) is 169 cm³/mol. The van der Waals surface area contributed by atoms with E-state index in [2.05, 4.69) is 0 Å². The molecule has 0 saturated heterocycles. The van der Waals surface area contributed by atoms with Crippen molar-refractivity contribution in [2.75, 3.05) is 27.1 Å². The van der Waals surface area contributed by atoms with Crippen LogP contribution in [0.2, 0.25) is 0 Å². The highest BCUT2D eigenvalue weighted by Crippen LogP contribution is 2.21. The van der Waals surface area contributed by atoms with E-state index < -0.39 is 24.1 Å². The smallest absolute Gasteiger partial charge is 0.190 e. The highest BCUT2D eigenvalue weighted by molar-refractivity contribution is 5.89. The molecule has 236 valence electrons. The zero-order valence-electron chi connectivity index (χ0n) is 25.5. The fourth-order valence-electron chi connectivity index (χ4n) is 4.60. The Bertz CT molecular complexity index is 1380. The van der Waals surface area contributed by atoms with Crippen molar-refractivity contribution in [1.29, 1.82) is 0 Å². The van der Waals surface area contributed by atoms with Gasteiger partial charge in [-0.1, -0.05) is 121 Å². The van der Waals surface area contributed by atoms with Crippen LogP contribution >= 0.6 is 0 Å². The first kappa shape index (κ1) is 33.9. The van der Waals surface area contributed by atoms with E-state index in [1.165, 1.54) is 7.11 Å². The summed E-state index contributed by atoms with van der Waals surface area (Å²) < 4.78 is 35.2. The highest BCUT2D eigenvalue weighted by Gasteiger charge is 2.41. The van der Waals surface area contributed by atoms with Crippen molar-refractivity contribution in [2.45, 2.75) is 44.7 Å². The monoisotopic (exact) mass is 612 g/mol. The second-order valence-electron chi connectivity index (χ2n) is 10.4. The molecule has 0 saturated carbocycles. The van der Waals surface area contributed by atoms with Crippen LogP contribution in [-0.2, 0) is 64.4 Å². The van der Waals surface area contributed by atoms with Crippen molar-refractivity contribution < 1.29 is 38.0 Å². The van der Waals surface area contributed by atoms with Crippen molar-refractivity contribution in [1.82, 2.24) is 0 Å². The van der Waals surface area contributed by atoms with Crippen LogP contribution in [0.1, 0.15) is 22.3 Å². The quantitative estimate of drug-likeness (QED) is 0.0873. The van der Waals surface area contributed by atoms with Crippen molar-refractivity contribution >= 4 is 11.6 Å². The molecular formula is C37H40O8. The maximum Gasteiger partial charge on any atom is 0.190 e. The average molecular weight is 613 g/mol. The summed E-state index contributed by atoms with van der Waals surface area (Å²) in [7, 11) is 1.47. The summed E-state index contributed by atoms with van der Waals surface area (Å²) >= 11 is 0. The molecule has 45 heavy (non-hydrogen) atoms. The zero-order valence-corrected chi connectivity index (χ0v) is 25.5. The zero-order chi connectivity index (χ0) is 31.5. The highest BCUT2D eigenvalue weighted by atomic mass is 16.7. The summed E-state index contributed by atoms with van der Waals surface area (Å²) in [4.78, 5) is 27.6. The number of ether oxygens (including phenoxy) is 6. The van der Waals surface area contributed by atoms with Gasteiger partial charge in [0.15, 0.2) is 11.6 Å². The van der Waals surface area contributed by atoms with Gasteiger partial charge in [-0.15, -0.1) is 0 Å². The molecule has 0 aliphatic heterocycles. The van der Waals surface area contributed by atoms with E-state index in [1.807, 2.05) is 121 Å². The Hall–Kier alpha value is -4.02. The van der Waals surface area contributed by atoms with Crippen LogP contribution in [0.15, 0.2) is 121 Å². The second kappa shape index (κ2) is 19.4. The molecule has 0 aliphatic rings. The molecule has 0 spiro atoms. The van der Waals surface area contributed by atoms with Crippen molar-refractivity contribution in [3.63, 3.8) is 0 Å². The van der Waals surface area contributed by atoms with E-state index in [1.54, 1.807) is 0 Å². The molecule has 4 aromatic carbocycles. The maximum atomic E-state index is 13.9. The Labute approximate surface area is 264 Å². The van der Waals surface area contributed by atoms with E-state index in [-0.39, 0.29) is 52.2 Å². The molecule has 0 radical (unpaired) electrons. The fraction of sp³-hybridized carbons (Fsp3) is 0.297. The van der Waals surface area contributed by atoms with Crippen molar-refractivity contribution in [3.8, 4) is 0 Å². The SMILES string of the molecule is COCOCC(=O)[C@H](OCc1ccccc1)[C@@H](OCc1ccccc1)[C@H](OCc1ccccc1)C(=O)COCc1ccccc1. The number of ketones is 2. The lowest BCUT2D eigenvalue weighted by Gasteiger charge is -2.32. The van der Waals surface area contributed by atoms with Crippen molar-refractivity contribution in [3.05, 3.63) is 144 Å². The summed E-state index contributed by atoms with van der Waals surface area (Å²) in [5.41, 5.74) is 3.51. The van der Waals surface area contributed by atoms with Gasteiger partial charge in [0.1, 0.15) is 38.3 Å². The van der Waals surface area contributed by atoms with Gasteiger partial charge in [-0.2, -0.15) is 0 Å². The summed E-state index contributed by atoms with van der Waals surface area (Å²) in [6, 6.07) is 38.1. The molecule has 0 fully saturated rings. The van der Waals surface area contributed by atoms with E-state index >= 15 is 0 Å². The van der Waals surface area contributed by atoms with Crippen molar-refractivity contribution in [2.24, 2.45) is 0 Å². The summed E-state index contributed by atoms with van der Waals surface area (Å²) in [5.74, 6) is -0.786. The van der Waals surface area contributed by atoms with Crippen LogP contribution in [0.4, 0.5) is 0 Å². The van der Waals surface area contributed by atoms with Crippen LogP contribution < -0.4 is 0 Å². The molecule has 0 bridgehead atoms. The maximum absolute atomic E-state index is 13.9. The normalized spacial score (nSPS) is 13.2. The van der Waals surface area contributed by atoms with Crippen LogP contribution in [0, 0.1) is 0 Å². The predicted octanol–water partition coefficient (Wildman–Crippen LogP) is 5.72. The standard InChI is InChI=1S/C37H40O8/c1-40-28-42-27-34(39)36(44-24-31-18-10-4-11-19-31)37(45-25-32-20-12-5-13-21-32)35(43-23-30-16-8-3-9-17-30)33(38)26-41-22-29-14-6-2-7-15-29/h2-21,35-37H,22-28H2,1H3/t35-,36+,37+/m1/s1. The van der Waals surface area contributed by atoms with Gasteiger partial charge in [-0.05, 0) is 22.3 Å².